The van der Waals surface area contributed by atoms with Crippen molar-refractivity contribution in [2.75, 3.05) is 20.3 Å². The summed E-state index contributed by atoms with van der Waals surface area (Å²) in [5.74, 6) is 0.312. The lowest BCUT2D eigenvalue weighted by atomic mass is 10.1. The summed E-state index contributed by atoms with van der Waals surface area (Å²) >= 11 is 11.0. The van der Waals surface area contributed by atoms with Gasteiger partial charge in [-0.3, -0.25) is 15.6 Å². The highest BCUT2D eigenvalue weighted by molar-refractivity contribution is 7.80. The quantitative estimate of drug-likeness (QED) is 0.409. The Morgan fingerprint density at radius 3 is 2.48 bits per heavy atom. The zero-order chi connectivity index (χ0) is 17.4. The SMILES string of the molecule is COCCNC(=S)NNC(=O)[C@@H](C)Oc1c(C)cc(Cl)cc1C. The molecule has 0 aliphatic rings. The van der Waals surface area contributed by atoms with Gasteiger partial charge < -0.3 is 14.8 Å². The van der Waals surface area contributed by atoms with E-state index in [4.69, 9.17) is 33.3 Å². The number of carbonyl (C=O) groups is 1. The maximum atomic E-state index is 12.0. The molecule has 1 atom stereocenters. The molecular weight excluding hydrogens is 338 g/mol. The van der Waals surface area contributed by atoms with Gasteiger partial charge in [0.1, 0.15) is 5.75 Å². The van der Waals surface area contributed by atoms with E-state index < -0.39 is 6.10 Å². The van der Waals surface area contributed by atoms with Crippen molar-refractivity contribution in [2.24, 2.45) is 0 Å². The van der Waals surface area contributed by atoms with Gasteiger partial charge >= 0.3 is 0 Å². The number of carbonyl (C=O) groups excluding carboxylic acids is 1. The van der Waals surface area contributed by atoms with Gasteiger partial charge in [-0.2, -0.15) is 0 Å². The Bertz CT molecular complexity index is 546. The number of ether oxygens (including phenoxy) is 2. The minimum absolute atomic E-state index is 0.307. The topological polar surface area (TPSA) is 71.6 Å². The zero-order valence-corrected chi connectivity index (χ0v) is 15.2. The number of aryl methyl sites for hydroxylation is 2. The van der Waals surface area contributed by atoms with Crippen LogP contribution in [0.25, 0.3) is 0 Å². The molecule has 0 unspecified atom stereocenters. The Labute approximate surface area is 146 Å². The summed E-state index contributed by atoms with van der Waals surface area (Å²) in [6.45, 7) is 6.49. The molecule has 23 heavy (non-hydrogen) atoms. The Balaban J connectivity index is 2.50. The number of methoxy groups -OCH3 is 1. The molecule has 0 saturated carbocycles. The molecule has 0 fully saturated rings. The smallest absolute Gasteiger partial charge is 0.279 e. The van der Waals surface area contributed by atoms with E-state index >= 15 is 0 Å². The van der Waals surface area contributed by atoms with Crippen molar-refractivity contribution in [1.82, 2.24) is 16.2 Å². The van der Waals surface area contributed by atoms with E-state index in [1.54, 1.807) is 26.2 Å². The maximum absolute atomic E-state index is 12.0. The highest BCUT2D eigenvalue weighted by Crippen LogP contribution is 2.27. The van der Waals surface area contributed by atoms with E-state index in [1.807, 2.05) is 13.8 Å². The van der Waals surface area contributed by atoms with Crippen molar-refractivity contribution in [3.8, 4) is 5.75 Å². The van der Waals surface area contributed by atoms with Crippen LogP contribution in [-0.4, -0.2) is 37.4 Å². The van der Waals surface area contributed by atoms with Crippen LogP contribution in [-0.2, 0) is 9.53 Å². The van der Waals surface area contributed by atoms with E-state index in [0.29, 0.717) is 29.0 Å². The van der Waals surface area contributed by atoms with Gasteiger partial charge in [0.2, 0.25) is 0 Å². The summed E-state index contributed by atoms with van der Waals surface area (Å²) in [4.78, 5) is 12.0. The van der Waals surface area contributed by atoms with Crippen molar-refractivity contribution < 1.29 is 14.3 Å². The molecule has 1 amide bonds. The number of nitrogens with one attached hydrogen (secondary N) is 3. The van der Waals surface area contributed by atoms with Gasteiger partial charge in [-0.15, -0.1) is 0 Å². The van der Waals surface area contributed by atoms with Crippen molar-refractivity contribution in [1.29, 1.82) is 0 Å². The summed E-state index contributed by atoms with van der Waals surface area (Å²) in [5.41, 5.74) is 6.85. The van der Waals surface area contributed by atoms with Crippen LogP contribution in [0.5, 0.6) is 5.75 Å². The third kappa shape index (κ3) is 6.60. The van der Waals surface area contributed by atoms with Crippen molar-refractivity contribution in [3.63, 3.8) is 0 Å². The summed E-state index contributed by atoms with van der Waals surface area (Å²) in [6, 6.07) is 3.59. The molecular formula is C15H22ClN3O3S. The van der Waals surface area contributed by atoms with E-state index in [-0.39, 0.29) is 5.91 Å². The van der Waals surface area contributed by atoms with Crippen LogP contribution < -0.4 is 20.9 Å². The standard InChI is InChI=1S/C15H22ClN3O3S/c1-9-7-12(16)8-10(2)13(9)22-11(3)14(20)18-19-15(23)17-5-6-21-4/h7-8,11H,5-6H2,1-4H3,(H,18,20)(H2,17,19,23)/t11-/m1/s1. The zero-order valence-electron chi connectivity index (χ0n) is 13.7. The molecule has 6 nitrogen and oxygen atoms in total. The molecule has 0 heterocycles. The van der Waals surface area contributed by atoms with Crippen LogP contribution in [0.2, 0.25) is 5.02 Å². The highest BCUT2D eigenvalue weighted by Gasteiger charge is 2.17. The van der Waals surface area contributed by atoms with Crippen molar-refractivity contribution in [2.45, 2.75) is 26.9 Å². The summed E-state index contributed by atoms with van der Waals surface area (Å²) < 4.78 is 10.6. The van der Waals surface area contributed by atoms with Gasteiger partial charge in [-0.05, 0) is 56.2 Å². The second-order valence-corrected chi connectivity index (χ2v) is 5.84. The first kappa shape index (κ1) is 19.5. The molecule has 128 valence electrons. The lowest BCUT2D eigenvalue weighted by molar-refractivity contribution is -0.127. The molecule has 0 bridgehead atoms. The summed E-state index contributed by atoms with van der Waals surface area (Å²) in [5, 5.41) is 3.82. The van der Waals surface area contributed by atoms with E-state index in [2.05, 4.69) is 16.2 Å². The Morgan fingerprint density at radius 2 is 1.91 bits per heavy atom. The lowest BCUT2D eigenvalue weighted by Gasteiger charge is -2.19. The number of halogens is 1. The third-order valence-electron chi connectivity index (χ3n) is 2.98. The fourth-order valence-corrected chi connectivity index (χ4v) is 2.32. The average molecular weight is 360 g/mol. The maximum Gasteiger partial charge on any atom is 0.279 e. The molecule has 0 aromatic heterocycles. The first-order valence-corrected chi connectivity index (χ1v) is 7.89. The Hall–Kier alpha value is -1.57. The third-order valence-corrected chi connectivity index (χ3v) is 3.44. The molecule has 1 aromatic rings. The number of rotatable bonds is 6. The monoisotopic (exact) mass is 359 g/mol. The molecule has 0 saturated heterocycles. The summed E-state index contributed by atoms with van der Waals surface area (Å²) in [6.07, 6.45) is -0.692. The predicted octanol–water partition coefficient (Wildman–Crippen LogP) is 1.87. The molecule has 0 spiro atoms. The minimum atomic E-state index is -0.692. The minimum Gasteiger partial charge on any atom is -0.480 e. The van der Waals surface area contributed by atoms with Gasteiger partial charge in [-0.1, -0.05) is 11.6 Å². The number of benzene rings is 1. The number of hydrogen-bond donors (Lipinski definition) is 3. The Morgan fingerprint density at radius 1 is 1.30 bits per heavy atom. The highest BCUT2D eigenvalue weighted by atomic mass is 35.5. The van der Waals surface area contributed by atoms with E-state index in [9.17, 15) is 4.79 Å². The number of thiocarbonyl (C=S) groups is 1. The molecule has 0 aliphatic carbocycles. The van der Waals surface area contributed by atoms with E-state index in [0.717, 1.165) is 11.1 Å². The van der Waals surface area contributed by atoms with Crippen LogP contribution in [0.4, 0.5) is 0 Å². The number of hydrazine groups is 1. The van der Waals surface area contributed by atoms with Gasteiger partial charge in [0.25, 0.3) is 5.91 Å². The first-order valence-electron chi connectivity index (χ1n) is 7.11. The van der Waals surface area contributed by atoms with Gasteiger partial charge in [0, 0.05) is 18.7 Å². The summed E-state index contributed by atoms with van der Waals surface area (Å²) in [7, 11) is 1.60. The number of hydrogen-bond acceptors (Lipinski definition) is 4. The molecule has 0 aliphatic heterocycles. The van der Waals surface area contributed by atoms with Crippen LogP contribution >= 0.6 is 23.8 Å². The molecule has 3 N–H and O–H groups in total. The second-order valence-electron chi connectivity index (χ2n) is 4.99. The van der Waals surface area contributed by atoms with Crippen molar-refractivity contribution >= 4 is 34.8 Å². The van der Waals surface area contributed by atoms with Gasteiger partial charge in [0.05, 0.1) is 6.61 Å². The fraction of sp³-hybridized carbons (Fsp3) is 0.467. The van der Waals surface area contributed by atoms with E-state index in [1.165, 1.54) is 0 Å². The van der Waals surface area contributed by atoms with Gasteiger partial charge in [-0.25, -0.2) is 0 Å². The predicted molar refractivity (Wildman–Crippen MR) is 94.8 cm³/mol. The number of amides is 1. The van der Waals surface area contributed by atoms with Crippen molar-refractivity contribution in [3.05, 3.63) is 28.3 Å². The Kier molecular flexibility index (Phi) is 8.08. The van der Waals surface area contributed by atoms with Gasteiger partial charge in [0.15, 0.2) is 11.2 Å². The van der Waals surface area contributed by atoms with Crippen LogP contribution in [0.1, 0.15) is 18.1 Å². The first-order chi connectivity index (χ1) is 10.8. The largest absolute Gasteiger partial charge is 0.480 e. The van der Waals surface area contributed by atoms with Crippen LogP contribution in [0.15, 0.2) is 12.1 Å². The van der Waals surface area contributed by atoms with Crippen LogP contribution in [0, 0.1) is 13.8 Å². The molecule has 1 aromatic carbocycles. The normalized spacial score (nSPS) is 11.5. The fourth-order valence-electron chi connectivity index (χ4n) is 1.84. The second kappa shape index (κ2) is 9.54. The average Bonchev–Trinajstić information content (AvgIpc) is 2.48. The molecule has 1 rings (SSSR count). The molecule has 0 radical (unpaired) electrons. The van der Waals surface area contributed by atoms with Crippen LogP contribution in [0.3, 0.4) is 0 Å². The molecule has 8 heteroatoms. The lowest BCUT2D eigenvalue weighted by Crippen LogP contribution is -2.50.